The molecule has 0 saturated carbocycles. The molecule has 1 aromatic rings. The van der Waals surface area contributed by atoms with Crippen LogP contribution in [0.1, 0.15) is 12.7 Å². The first-order valence-electron chi connectivity index (χ1n) is 6.39. The van der Waals surface area contributed by atoms with E-state index in [1.807, 2.05) is 19.1 Å². The Hall–Kier alpha value is -1.14. The first-order chi connectivity index (χ1) is 9.18. The van der Waals surface area contributed by atoms with E-state index in [1.54, 1.807) is 6.26 Å². The summed E-state index contributed by atoms with van der Waals surface area (Å²) in [5.41, 5.74) is 1.01. The molecular weight excluding hydrogens is 246 g/mol. The Morgan fingerprint density at radius 1 is 1.53 bits per heavy atom. The van der Waals surface area contributed by atoms with Crippen molar-refractivity contribution in [3.63, 3.8) is 0 Å². The van der Waals surface area contributed by atoms with E-state index in [2.05, 4.69) is 11.9 Å². The number of hydrogen-bond donors (Lipinski definition) is 2. The van der Waals surface area contributed by atoms with Gasteiger partial charge in [-0.1, -0.05) is 12.2 Å². The van der Waals surface area contributed by atoms with Crippen LogP contribution in [0.3, 0.4) is 0 Å². The summed E-state index contributed by atoms with van der Waals surface area (Å²) in [6, 6.07) is 3.64. The average molecular weight is 269 g/mol. The van der Waals surface area contributed by atoms with Gasteiger partial charge in [-0.05, 0) is 19.1 Å². The summed E-state index contributed by atoms with van der Waals surface area (Å²) in [5, 5.41) is 12.7. The Morgan fingerprint density at radius 2 is 2.37 bits per heavy atom. The van der Waals surface area contributed by atoms with E-state index in [-0.39, 0.29) is 6.61 Å². The van der Waals surface area contributed by atoms with Gasteiger partial charge >= 0.3 is 0 Å². The van der Waals surface area contributed by atoms with Crippen molar-refractivity contribution in [2.75, 3.05) is 32.9 Å². The fourth-order valence-electron chi connectivity index (χ4n) is 1.41. The molecule has 108 valence electrons. The zero-order valence-electron chi connectivity index (χ0n) is 11.4. The number of nitrogens with one attached hydrogen (secondary N) is 1. The van der Waals surface area contributed by atoms with Gasteiger partial charge in [0.05, 0.1) is 32.2 Å². The number of ether oxygens (including phenoxy) is 2. The van der Waals surface area contributed by atoms with Crippen LogP contribution in [0.2, 0.25) is 0 Å². The number of hydrogen-bond acceptors (Lipinski definition) is 5. The minimum absolute atomic E-state index is 0.278. The predicted molar refractivity (Wildman–Crippen MR) is 72.9 cm³/mol. The van der Waals surface area contributed by atoms with Crippen molar-refractivity contribution in [2.24, 2.45) is 0 Å². The molecule has 1 unspecified atom stereocenters. The van der Waals surface area contributed by atoms with Crippen molar-refractivity contribution in [3.8, 4) is 0 Å². The van der Waals surface area contributed by atoms with Crippen LogP contribution in [-0.4, -0.2) is 44.1 Å². The van der Waals surface area contributed by atoms with E-state index in [9.17, 15) is 5.11 Å². The fourth-order valence-corrected chi connectivity index (χ4v) is 1.41. The van der Waals surface area contributed by atoms with Gasteiger partial charge in [-0.15, -0.1) is 0 Å². The zero-order valence-corrected chi connectivity index (χ0v) is 11.4. The van der Waals surface area contributed by atoms with E-state index in [1.165, 1.54) is 0 Å². The summed E-state index contributed by atoms with van der Waals surface area (Å²) >= 11 is 0. The minimum Gasteiger partial charge on any atom is -0.467 e. The molecule has 0 aliphatic carbocycles. The van der Waals surface area contributed by atoms with Crippen molar-refractivity contribution in [1.82, 2.24) is 5.32 Å². The van der Waals surface area contributed by atoms with Crippen LogP contribution in [0.25, 0.3) is 0 Å². The molecule has 0 fully saturated rings. The molecule has 0 bridgehead atoms. The van der Waals surface area contributed by atoms with Crippen LogP contribution in [0.5, 0.6) is 0 Å². The normalized spacial score (nSPS) is 12.5. The quantitative estimate of drug-likeness (QED) is 0.469. The molecular formula is C14H23NO4. The number of rotatable bonds is 11. The van der Waals surface area contributed by atoms with Gasteiger partial charge in [0.2, 0.25) is 0 Å². The molecule has 5 nitrogen and oxygen atoms in total. The Labute approximate surface area is 114 Å². The molecule has 0 aliphatic rings. The third-order valence-electron chi connectivity index (χ3n) is 2.29. The lowest BCUT2D eigenvalue weighted by Gasteiger charge is -2.12. The SMILES string of the molecule is C=C(C)COCCNCC(O)COCc1ccco1. The van der Waals surface area contributed by atoms with Crippen molar-refractivity contribution in [1.29, 1.82) is 0 Å². The summed E-state index contributed by atoms with van der Waals surface area (Å²) in [7, 11) is 0. The second kappa shape index (κ2) is 9.75. The van der Waals surface area contributed by atoms with Gasteiger partial charge in [-0.2, -0.15) is 0 Å². The van der Waals surface area contributed by atoms with Crippen LogP contribution in [0, 0.1) is 0 Å². The maximum atomic E-state index is 9.65. The minimum atomic E-state index is -0.531. The average Bonchev–Trinajstić information content (AvgIpc) is 2.86. The molecule has 0 radical (unpaired) electrons. The largest absolute Gasteiger partial charge is 0.467 e. The van der Waals surface area contributed by atoms with Crippen LogP contribution < -0.4 is 5.32 Å². The third kappa shape index (κ3) is 8.56. The molecule has 0 aliphatic heterocycles. The second-order valence-electron chi connectivity index (χ2n) is 4.46. The first kappa shape index (κ1) is 15.9. The summed E-state index contributed by atoms with van der Waals surface area (Å²) < 4.78 is 15.8. The lowest BCUT2D eigenvalue weighted by Crippen LogP contribution is -2.32. The van der Waals surface area contributed by atoms with E-state index in [0.29, 0.717) is 32.9 Å². The Balaban J connectivity index is 1.90. The number of aliphatic hydroxyl groups excluding tert-OH is 1. The molecule has 1 rings (SSSR count). The van der Waals surface area contributed by atoms with Crippen LogP contribution >= 0.6 is 0 Å². The van der Waals surface area contributed by atoms with Gasteiger partial charge in [-0.25, -0.2) is 0 Å². The van der Waals surface area contributed by atoms with Gasteiger partial charge in [0.15, 0.2) is 0 Å². The number of aliphatic hydroxyl groups is 1. The summed E-state index contributed by atoms with van der Waals surface area (Å²) in [6.45, 7) is 8.69. The highest BCUT2D eigenvalue weighted by Crippen LogP contribution is 2.01. The smallest absolute Gasteiger partial charge is 0.129 e. The van der Waals surface area contributed by atoms with Gasteiger partial charge in [0.25, 0.3) is 0 Å². The molecule has 1 aromatic heterocycles. The van der Waals surface area contributed by atoms with E-state index < -0.39 is 6.10 Å². The zero-order chi connectivity index (χ0) is 13.9. The highest BCUT2D eigenvalue weighted by Gasteiger charge is 2.04. The summed E-state index contributed by atoms with van der Waals surface area (Å²) in [5.74, 6) is 0.758. The molecule has 0 spiro atoms. The molecule has 19 heavy (non-hydrogen) atoms. The van der Waals surface area contributed by atoms with Crippen LogP contribution in [-0.2, 0) is 16.1 Å². The van der Waals surface area contributed by atoms with E-state index in [4.69, 9.17) is 13.9 Å². The monoisotopic (exact) mass is 269 g/mol. The predicted octanol–water partition coefficient (Wildman–Crippen LogP) is 1.34. The maximum absolute atomic E-state index is 9.65. The van der Waals surface area contributed by atoms with Crippen molar-refractivity contribution >= 4 is 0 Å². The topological polar surface area (TPSA) is 63.9 Å². The Bertz CT molecular complexity index is 337. The van der Waals surface area contributed by atoms with Gasteiger partial charge in [-0.3, -0.25) is 0 Å². The van der Waals surface area contributed by atoms with Gasteiger partial charge in [0, 0.05) is 13.1 Å². The Kier molecular flexibility index (Phi) is 8.16. The molecule has 1 heterocycles. The molecule has 0 saturated heterocycles. The lowest BCUT2D eigenvalue weighted by molar-refractivity contribution is 0.0219. The molecule has 1 atom stereocenters. The van der Waals surface area contributed by atoms with Crippen molar-refractivity contribution < 1.29 is 19.0 Å². The standard InChI is InChI=1S/C14H23NO4/c1-12(2)9-17-7-5-15-8-13(16)10-18-11-14-4-3-6-19-14/h3-4,6,13,15-16H,1,5,7-11H2,2H3. The van der Waals surface area contributed by atoms with Crippen molar-refractivity contribution in [3.05, 3.63) is 36.3 Å². The lowest BCUT2D eigenvalue weighted by atomic mass is 10.3. The summed E-state index contributed by atoms with van der Waals surface area (Å²) in [6.07, 6.45) is 1.07. The highest BCUT2D eigenvalue weighted by molar-refractivity contribution is 4.96. The third-order valence-corrected chi connectivity index (χ3v) is 2.29. The van der Waals surface area contributed by atoms with E-state index in [0.717, 1.165) is 11.3 Å². The number of furan rings is 1. The summed E-state index contributed by atoms with van der Waals surface area (Å²) in [4.78, 5) is 0. The second-order valence-corrected chi connectivity index (χ2v) is 4.46. The molecule has 0 amide bonds. The molecule has 5 heteroatoms. The maximum Gasteiger partial charge on any atom is 0.129 e. The molecule has 2 N–H and O–H groups in total. The van der Waals surface area contributed by atoms with Gasteiger partial charge < -0.3 is 24.3 Å². The highest BCUT2D eigenvalue weighted by atomic mass is 16.5. The van der Waals surface area contributed by atoms with Crippen molar-refractivity contribution in [2.45, 2.75) is 19.6 Å². The van der Waals surface area contributed by atoms with Crippen LogP contribution in [0.15, 0.2) is 35.0 Å². The Morgan fingerprint density at radius 3 is 3.05 bits per heavy atom. The molecule has 0 aromatic carbocycles. The van der Waals surface area contributed by atoms with Gasteiger partial charge in [0.1, 0.15) is 12.4 Å². The fraction of sp³-hybridized carbons (Fsp3) is 0.571. The van der Waals surface area contributed by atoms with E-state index >= 15 is 0 Å². The van der Waals surface area contributed by atoms with Crippen LogP contribution in [0.4, 0.5) is 0 Å². The first-order valence-corrected chi connectivity index (χ1v) is 6.39.